The van der Waals surface area contributed by atoms with Crippen molar-refractivity contribution < 1.29 is 38.7 Å². The minimum absolute atomic E-state index is 0.0768. The smallest absolute Gasteiger partial charge is 0.303 e. The minimum Gasteiger partial charge on any atom is -0.463 e. The molecule has 164 valence electrons. The molecule has 0 saturated carbocycles. The van der Waals surface area contributed by atoms with Crippen LogP contribution in [0.4, 0.5) is 0 Å². The van der Waals surface area contributed by atoms with Crippen LogP contribution in [0.5, 0.6) is 0 Å². The largest absolute Gasteiger partial charge is 0.463 e. The maximum atomic E-state index is 11.4. The van der Waals surface area contributed by atoms with Gasteiger partial charge in [-0.05, 0) is 30.6 Å². The molecule has 1 fully saturated rings. The van der Waals surface area contributed by atoms with Gasteiger partial charge in [-0.1, -0.05) is 30.3 Å². The van der Waals surface area contributed by atoms with Crippen molar-refractivity contribution in [1.29, 1.82) is 0 Å². The first-order chi connectivity index (χ1) is 14.4. The average molecular weight is 420 g/mol. The van der Waals surface area contributed by atoms with Gasteiger partial charge in [-0.2, -0.15) is 0 Å². The molecular weight excluding hydrogens is 392 g/mol. The number of hydrogen-bond donors (Lipinski definition) is 2. The van der Waals surface area contributed by atoms with Crippen molar-refractivity contribution in [3.05, 3.63) is 53.8 Å². The zero-order chi connectivity index (χ0) is 21.9. The van der Waals surface area contributed by atoms with Crippen molar-refractivity contribution >= 4 is 11.9 Å². The maximum Gasteiger partial charge on any atom is 0.303 e. The van der Waals surface area contributed by atoms with Crippen LogP contribution in [-0.2, 0) is 35.0 Å². The number of carbonyl (C=O) groups is 2. The van der Waals surface area contributed by atoms with Gasteiger partial charge in [0.15, 0.2) is 12.4 Å². The summed E-state index contributed by atoms with van der Waals surface area (Å²) in [7, 11) is 0. The fourth-order valence-corrected chi connectivity index (χ4v) is 2.94. The SMILES string of the molecule is CC(=O)OCC1OC(OCC=C=CCCc2ccccc2)C(OC(C)=O)C(O)C1O. The summed E-state index contributed by atoms with van der Waals surface area (Å²) in [4.78, 5) is 22.4. The Morgan fingerprint density at radius 3 is 2.50 bits per heavy atom. The van der Waals surface area contributed by atoms with Gasteiger partial charge >= 0.3 is 11.9 Å². The zero-order valence-electron chi connectivity index (χ0n) is 17.1. The van der Waals surface area contributed by atoms with Gasteiger partial charge in [0.25, 0.3) is 0 Å². The van der Waals surface area contributed by atoms with E-state index in [2.05, 4.69) is 17.9 Å². The van der Waals surface area contributed by atoms with Gasteiger partial charge in [-0.25, -0.2) is 0 Å². The number of rotatable bonds is 9. The van der Waals surface area contributed by atoms with Crippen molar-refractivity contribution in [2.45, 2.75) is 57.4 Å². The summed E-state index contributed by atoms with van der Waals surface area (Å²) in [6.07, 6.45) is -1.04. The molecule has 0 spiro atoms. The number of carbonyl (C=O) groups excluding carboxylic acids is 2. The van der Waals surface area contributed by atoms with Crippen LogP contribution in [0.25, 0.3) is 0 Å². The van der Waals surface area contributed by atoms with E-state index in [0.717, 1.165) is 12.8 Å². The van der Waals surface area contributed by atoms with Crippen LogP contribution in [0.3, 0.4) is 0 Å². The summed E-state index contributed by atoms with van der Waals surface area (Å²) < 4.78 is 21.0. The van der Waals surface area contributed by atoms with Crippen molar-refractivity contribution in [2.75, 3.05) is 13.2 Å². The highest BCUT2D eigenvalue weighted by Gasteiger charge is 2.47. The lowest BCUT2D eigenvalue weighted by molar-refractivity contribution is -0.302. The molecule has 0 amide bonds. The molecule has 2 N–H and O–H groups in total. The molecule has 1 aliphatic heterocycles. The number of hydrogen-bond acceptors (Lipinski definition) is 8. The third-order valence-corrected chi connectivity index (χ3v) is 4.40. The number of aliphatic hydroxyl groups is 2. The summed E-state index contributed by atoms with van der Waals surface area (Å²) in [6.45, 7) is 2.20. The first-order valence-electron chi connectivity index (χ1n) is 9.75. The maximum absolute atomic E-state index is 11.4. The highest BCUT2D eigenvalue weighted by Crippen LogP contribution is 2.25. The highest BCUT2D eigenvalue weighted by molar-refractivity contribution is 5.66. The summed E-state index contributed by atoms with van der Waals surface area (Å²) in [5.41, 5.74) is 4.24. The topological polar surface area (TPSA) is 112 Å². The molecule has 1 saturated heterocycles. The Morgan fingerprint density at radius 1 is 1.10 bits per heavy atom. The van der Waals surface area contributed by atoms with E-state index in [1.807, 2.05) is 24.3 Å². The van der Waals surface area contributed by atoms with Gasteiger partial charge in [0.2, 0.25) is 0 Å². The Hall–Kier alpha value is -2.48. The normalized spacial score (nSPS) is 25.7. The molecule has 5 atom stereocenters. The number of aryl methyl sites for hydroxylation is 1. The fourth-order valence-electron chi connectivity index (χ4n) is 2.94. The monoisotopic (exact) mass is 420 g/mol. The molecule has 5 unspecified atom stereocenters. The second-order valence-electron chi connectivity index (χ2n) is 6.83. The summed E-state index contributed by atoms with van der Waals surface area (Å²) >= 11 is 0. The summed E-state index contributed by atoms with van der Waals surface area (Å²) in [6, 6.07) is 10.1. The van der Waals surface area contributed by atoms with Crippen molar-refractivity contribution in [3.63, 3.8) is 0 Å². The Labute approximate surface area is 175 Å². The molecule has 1 aromatic carbocycles. The van der Waals surface area contributed by atoms with Crippen LogP contribution >= 0.6 is 0 Å². The number of ether oxygens (including phenoxy) is 4. The number of esters is 2. The minimum atomic E-state index is -1.46. The molecule has 8 heteroatoms. The summed E-state index contributed by atoms with van der Waals surface area (Å²) in [5.74, 6) is -1.21. The van der Waals surface area contributed by atoms with Gasteiger partial charge in [0.05, 0.1) is 6.61 Å². The molecule has 0 radical (unpaired) electrons. The Bertz CT molecular complexity index is 739. The average Bonchev–Trinajstić information content (AvgIpc) is 2.71. The van der Waals surface area contributed by atoms with Crippen LogP contribution in [0, 0.1) is 0 Å². The predicted molar refractivity (Wildman–Crippen MR) is 106 cm³/mol. The highest BCUT2D eigenvalue weighted by atomic mass is 16.7. The first-order valence-corrected chi connectivity index (χ1v) is 9.75. The lowest BCUT2D eigenvalue weighted by atomic mass is 9.99. The van der Waals surface area contributed by atoms with E-state index in [4.69, 9.17) is 18.9 Å². The zero-order valence-corrected chi connectivity index (χ0v) is 17.1. The lowest BCUT2D eigenvalue weighted by Gasteiger charge is -2.41. The second kappa shape index (κ2) is 12.3. The van der Waals surface area contributed by atoms with Gasteiger partial charge in [0, 0.05) is 13.8 Å². The van der Waals surface area contributed by atoms with Gasteiger partial charge in [0.1, 0.15) is 24.9 Å². The third-order valence-electron chi connectivity index (χ3n) is 4.40. The quantitative estimate of drug-likeness (QED) is 0.454. The third kappa shape index (κ3) is 7.74. The first kappa shape index (κ1) is 23.8. The molecule has 1 heterocycles. The molecule has 1 aromatic rings. The van der Waals surface area contributed by atoms with E-state index in [1.54, 1.807) is 6.08 Å². The molecule has 2 rings (SSSR count). The molecule has 8 nitrogen and oxygen atoms in total. The van der Waals surface area contributed by atoms with Crippen molar-refractivity contribution in [3.8, 4) is 0 Å². The van der Waals surface area contributed by atoms with E-state index in [1.165, 1.54) is 19.4 Å². The lowest BCUT2D eigenvalue weighted by Crippen LogP contribution is -2.60. The van der Waals surface area contributed by atoms with Gasteiger partial charge in [-0.15, -0.1) is 5.73 Å². The predicted octanol–water partition coefficient (Wildman–Crippen LogP) is 1.29. The molecular formula is C22H28O8. The Kier molecular flexibility index (Phi) is 9.73. The van der Waals surface area contributed by atoms with Crippen LogP contribution < -0.4 is 0 Å². The molecule has 0 aliphatic carbocycles. The Balaban J connectivity index is 1.90. The van der Waals surface area contributed by atoms with E-state index in [9.17, 15) is 19.8 Å². The summed E-state index contributed by atoms with van der Waals surface area (Å²) in [5, 5.41) is 20.5. The molecule has 0 bridgehead atoms. The van der Waals surface area contributed by atoms with Gasteiger partial charge < -0.3 is 29.2 Å². The molecule has 0 aromatic heterocycles. The van der Waals surface area contributed by atoms with Crippen molar-refractivity contribution in [1.82, 2.24) is 0 Å². The van der Waals surface area contributed by atoms with Crippen LogP contribution in [0.2, 0.25) is 0 Å². The van der Waals surface area contributed by atoms with Crippen LogP contribution in [0.15, 0.2) is 48.2 Å². The van der Waals surface area contributed by atoms with Crippen molar-refractivity contribution in [2.24, 2.45) is 0 Å². The van der Waals surface area contributed by atoms with Gasteiger partial charge in [-0.3, -0.25) is 9.59 Å². The number of benzene rings is 1. The van der Waals surface area contributed by atoms with Crippen LogP contribution in [-0.4, -0.2) is 66.1 Å². The number of aliphatic hydroxyl groups excluding tert-OH is 2. The van der Waals surface area contributed by atoms with E-state index in [0.29, 0.717) is 0 Å². The van der Waals surface area contributed by atoms with E-state index >= 15 is 0 Å². The molecule has 30 heavy (non-hydrogen) atoms. The second-order valence-corrected chi connectivity index (χ2v) is 6.83. The fraction of sp³-hybridized carbons (Fsp3) is 0.500. The Morgan fingerprint density at radius 2 is 1.83 bits per heavy atom. The van der Waals surface area contributed by atoms with E-state index < -0.39 is 42.6 Å². The standard InChI is InChI=1S/C22H28O8/c1-15(23)28-14-18-19(25)20(26)21(29-16(2)24)22(30-18)27-13-9-4-3-6-10-17-11-7-5-8-12-17/h3,5,7-9,11-12,18-22,25-26H,6,10,13-14H2,1-2H3. The van der Waals surface area contributed by atoms with Crippen LogP contribution in [0.1, 0.15) is 25.8 Å². The molecule has 1 aliphatic rings. The van der Waals surface area contributed by atoms with E-state index in [-0.39, 0.29) is 13.2 Å².